The van der Waals surface area contributed by atoms with Crippen molar-refractivity contribution in [3.8, 4) is 0 Å². The van der Waals surface area contributed by atoms with Gasteiger partial charge in [0, 0.05) is 6.54 Å². The van der Waals surface area contributed by atoms with E-state index in [-0.39, 0.29) is 22.5 Å². The van der Waals surface area contributed by atoms with E-state index >= 15 is 0 Å². The van der Waals surface area contributed by atoms with Crippen LogP contribution in [0.5, 0.6) is 0 Å². The summed E-state index contributed by atoms with van der Waals surface area (Å²) in [5.74, 6) is -2.38. The molecule has 2 aromatic carbocycles. The molecule has 3 N–H and O–H groups in total. The second-order valence-corrected chi connectivity index (χ2v) is 6.87. The molecule has 5 amide bonds. The monoisotopic (exact) mass is 412 g/mol. The average molecular weight is 412 g/mol. The zero-order chi connectivity index (χ0) is 22.0. The van der Waals surface area contributed by atoms with Gasteiger partial charge in [0.05, 0.1) is 22.5 Å². The van der Waals surface area contributed by atoms with Gasteiger partial charge in [-0.15, -0.1) is 0 Å². The molecule has 0 radical (unpaired) electrons. The average Bonchev–Trinajstić information content (AvgIpc) is 2.93. The minimum Gasteiger partial charge on any atom is -0.338 e. The van der Waals surface area contributed by atoms with Crippen LogP contribution in [-0.2, 0) is 4.79 Å². The number of rotatable bonds is 5. The Morgan fingerprint density at radius 3 is 2.40 bits per heavy atom. The summed E-state index contributed by atoms with van der Waals surface area (Å²) in [6.07, 6.45) is 0. The van der Waals surface area contributed by atoms with Gasteiger partial charge >= 0.3 is 6.03 Å². The van der Waals surface area contributed by atoms with Gasteiger partial charge in [0.15, 0.2) is 0 Å². The number of halogens is 1. The Bertz CT molecular complexity index is 1050. The van der Waals surface area contributed by atoms with E-state index in [0.717, 1.165) is 22.6 Å². The molecule has 1 unspecified atom stereocenters. The molecule has 0 saturated heterocycles. The predicted octanol–water partition coefficient (Wildman–Crippen LogP) is 2.90. The van der Waals surface area contributed by atoms with Gasteiger partial charge in [0.25, 0.3) is 11.8 Å². The zero-order valence-electron chi connectivity index (χ0n) is 16.7. The van der Waals surface area contributed by atoms with Gasteiger partial charge < -0.3 is 16.0 Å². The van der Waals surface area contributed by atoms with Crippen molar-refractivity contribution in [2.24, 2.45) is 0 Å². The summed E-state index contributed by atoms with van der Waals surface area (Å²) in [5, 5.41) is 7.50. The van der Waals surface area contributed by atoms with Gasteiger partial charge in [-0.1, -0.05) is 11.6 Å². The van der Waals surface area contributed by atoms with Crippen LogP contribution in [0.3, 0.4) is 0 Å². The van der Waals surface area contributed by atoms with E-state index in [4.69, 9.17) is 0 Å². The molecule has 1 aliphatic rings. The van der Waals surface area contributed by atoms with E-state index in [9.17, 15) is 23.6 Å². The second kappa shape index (κ2) is 8.32. The smallest absolute Gasteiger partial charge is 0.319 e. The zero-order valence-corrected chi connectivity index (χ0v) is 16.7. The fraction of sp³-hybridized carbons (Fsp3) is 0.238. The van der Waals surface area contributed by atoms with Crippen molar-refractivity contribution < 1.29 is 23.6 Å². The number of carbonyl (C=O) groups is 4. The van der Waals surface area contributed by atoms with Crippen molar-refractivity contribution in [3.05, 3.63) is 58.9 Å². The second-order valence-electron chi connectivity index (χ2n) is 6.87. The normalized spacial score (nSPS) is 13.7. The summed E-state index contributed by atoms with van der Waals surface area (Å²) in [4.78, 5) is 50.8. The maximum Gasteiger partial charge on any atom is 0.319 e. The number of fused-ring (bicyclic) bond motifs is 1. The number of hydrogen-bond acceptors (Lipinski definition) is 4. The molecular weight excluding hydrogens is 391 g/mol. The number of anilines is 2. The summed E-state index contributed by atoms with van der Waals surface area (Å²) in [7, 11) is 0. The van der Waals surface area contributed by atoms with Crippen LogP contribution < -0.4 is 16.0 Å². The summed E-state index contributed by atoms with van der Waals surface area (Å²) in [5.41, 5.74) is 1.48. The number of amides is 5. The fourth-order valence-corrected chi connectivity index (χ4v) is 3.14. The van der Waals surface area contributed by atoms with Crippen molar-refractivity contribution in [2.45, 2.75) is 26.8 Å². The number of hydrogen-bond donors (Lipinski definition) is 3. The molecule has 0 saturated carbocycles. The number of aryl methyl sites for hydroxylation is 1. The lowest BCUT2D eigenvalue weighted by Gasteiger charge is -2.22. The number of carbonyl (C=O) groups excluding carboxylic acids is 4. The number of nitrogens with one attached hydrogen (secondary N) is 3. The van der Waals surface area contributed by atoms with Crippen LogP contribution in [-0.4, -0.2) is 41.2 Å². The summed E-state index contributed by atoms with van der Waals surface area (Å²) in [6, 6.07) is 6.65. The van der Waals surface area contributed by atoms with Gasteiger partial charge in [-0.25, -0.2) is 9.18 Å². The fourth-order valence-electron chi connectivity index (χ4n) is 3.14. The largest absolute Gasteiger partial charge is 0.338 e. The van der Waals surface area contributed by atoms with Gasteiger partial charge in [-0.3, -0.25) is 19.3 Å². The van der Waals surface area contributed by atoms with Crippen LogP contribution in [0.4, 0.5) is 20.6 Å². The Morgan fingerprint density at radius 2 is 1.70 bits per heavy atom. The maximum atomic E-state index is 13.6. The first-order valence-electron chi connectivity index (χ1n) is 9.36. The van der Waals surface area contributed by atoms with Crippen LogP contribution in [0.15, 0.2) is 36.4 Å². The molecule has 0 bridgehead atoms. The molecule has 0 aliphatic carbocycles. The minimum atomic E-state index is -1.12. The van der Waals surface area contributed by atoms with Crippen molar-refractivity contribution in [3.63, 3.8) is 0 Å². The van der Waals surface area contributed by atoms with E-state index in [2.05, 4.69) is 16.0 Å². The van der Waals surface area contributed by atoms with E-state index in [0.29, 0.717) is 6.54 Å². The highest BCUT2D eigenvalue weighted by Crippen LogP contribution is 2.27. The summed E-state index contributed by atoms with van der Waals surface area (Å²) >= 11 is 0. The van der Waals surface area contributed by atoms with Gasteiger partial charge in [0.2, 0.25) is 5.91 Å². The van der Waals surface area contributed by atoms with Crippen LogP contribution in [0, 0.1) is 12.7 Å². The Kier molecular flexibility index (Phi) is 5.81. The highest BCUT2D eigenvalue weighted by molar-refractivity contribution is 6.23. The highest BCUT2D eigenvalue weighted by Gasteiger charge is 2.41. The lowest BCUT2D eigenvalue weighted by atomic mass is 10.1. The highest BCUT2D eigenvalue weighted by atomic mass is 19.1. The predicted molar refractivity (Wildman–Crippen MR) is 109 cm³/mol. The van der Waals surface area contributed by atoms with Crippen molar-refractivity contribution in [2.75, 3.05) is 17.2 Å². The molecule has 2 aromatic rings. The van der Waals surface area contributed by atoms with Crippen LogP contribution in [0.25, 0.3) is 0 Å². The molecule has 3 rings (SSSR count). The number of imide groups is 1. The molecule has 0 spiro atoms. The van der Waals surface area contributed by atoms with Crippen LogP contribution in [0.2, 0.25) is 0 Å². The molecule has 30 heavy (non-hydrogen) atoms. The minimum absolute atomic E-state index is 0.0412. The summed E-state index contributed by atoms with van der Waals surface area (Å²) in [6.45, 7) is 5.30. The first kappa shape index (κ1) is 21.0. The molecule has 0 fully saturated rings. The molecule has 1 heterocycles. The topological polar surface area (TPSA) is 108 Å². The molecule has 156 valence electrons. The van der Waals surface area contributed by atoms with Crippen LogP contribution in [0.1, 0.15) is 40.1 Å². The number of nitrogens with zero attached hydrogens (tertiary/aromatic N) is 1. The first-order valence-corrected chi connectivity index (χ1v) is 9.36. The maximum absolute atomic E-state index is 13.6. The van der Waals surface area contributed by atoms with Gasteiger partial charge in [-0.05, 0) is 51.1 Å². The quantitative estimate of drug-likeness (QED) is 0.656. The van der Waals surface area contributed by atoms with Crippen LogP contribution >= 0.6 is 0 Å². The Balaban J connectivity index is 1.81. The third-order valence-corrected chi connectivity index (χ3v) is 4.67. The van der Waals surface area contributed by atoms with Gasteiger partial charge in [0.1, 0.15) is 11.9 Å². The Labute approximate surface area is 172 Å². The molecule has 9 heteroatoms. The van der Waals surface area contributed by atoms with E-state index in [1.807, 2.05) is 0 Å². The number of urea groups is 1. The third kappa shape index (κ3) is 4.00. The van der Waals surface area contributed by atoms with E-state index in [1.54, 1.807) is 32.0 Å². The van der Waals surface area contributed by atoms with Crippen molar-refractivity contribution in [1.29, 1.82) is 0 Å². The lowest BCUT2D eigenvalue weighted by molar-refractivity contribution is -0.119. The molecule has 1 atom stereocenters. The molecule has 8 nitrogen and oxygen atoms in total. The SMILES string of the molecule is CCNC(=O)Nc1cc(F)ccc1NC(=O)C(C)N1C(=O)c2ccc(C)cc2C1=O. The molecule has 1 aliphatic heterocycles. The van der Waals surface area contributed by atoms with Crippen molar-refractivity contribution >= 4 is 35.1 Å². The molecule has 0 aromatic heterocycles. The standard InChI is InChI=1S/C21H21FN4O4/c1-4-23-21(30)25-17-10-13(22)6-8-16(17)24-18(27)12(3)26-19(28)14-7-5-11(2)9-15(14)20(26)29/h5-10,12H,4H2,1-3H3,(H,24,27)(H2,23,25,30). The van der Waals surface area contributed by atoms with E-state index in [1.165, 1.54) is 13.0 Å². The van der Waals surface area contributed by atoms with Gasteiger partial charge in [-0.2, -0.15) is 0 Å². The third-order valence-electron chi connectivity index (χ3n) is 4.67. The number of benzene rings is 2. The Hall–Kier alpha value is -3.75. The lowest BCUT2D eigenvalue weighted by Crippen LogP contribution is -2.45. The van der Waals surface area contributed by atoms with Crippen molar-refractivity contribution in [1.82, 2.24) is 10.2 Å². The molecular formula is C21H21FN4O4. The Morgan fingerprint density at radius 1 is 1.00 bits per heavy atom. The first-order chi connectivity index (χ1) is 14.2. The van der Waals surface area contributed by atoms with E-state index < -0.39 is 35.6 Å². The summed E-state index contributed by atoms with van der Waals surface area (Å²) < 4.78 is 13.6.